The third kappa shape index (κ3) is 6.33. The summed E-state index contributed by atoms with van der Waals surface area (Å²) in [6.45, 7) is 12.9. The van der Waals surface area contributed by atoms with Gasteiger partial charge in [0.15, 0.2) is 0 Å². The minimum atomic E-state index is 0.0852. The molecule has 1 fully saturated rings. The molecule has 3 aromatic rings. The van der Waals surface area contributed by atoms with E-state index >= 15 is 0 Å². The Labute approximate surface area is 203 Å². The fourth-order valence-corrected chi connectivity index (χ4v) is 4.72. The molecule has 0 saturated carbocycles. The van der Waals surface area contributed by atoms with E-state index < -0.39 is 0 Å². The molecule has 1 aliphatic rings. The van der Waals surface area contributed by atoms with Gasteiger partial charge in [-0.3, -0.25) is 19.3 Å². The Hall–Kier alpha value is -2.96. The quantitative estimate of drug-likeness (QED) is 0.558. The van der Waals surface area contributed by atoms with Crippen LogP contribution in [0.15, 0.2) is 54.6 Å². The van der Waals surface area contributed by atoms with Crippen LogP contribution in [0.1, 0.15) is 40.1 Å². The van der Waals surface area contributed by atoms with E-state index in [0.29, 0.717) is 13.1 Å². The number of nitrogens with zero attached hydrogens (tertiary/aromatic N) is 4. The molecule has 0 unspecified atom stereocenters. The monoisotopic (exact) mass is 459 g/mol. The molecule has 1 N–H and O–H groups in total. The predicted octanol–water partition coefficient (Wildman–Crippen LogP) is 3.68. The third-order valence-electron chi connectivity index (χ3n) is 6.87. The number of carbonyl (C=O) groups is 1. The number of benzene rings is 2. The molecule has 34 heavy (non-hydrogen) atoms. The Morgan fingerprint density at radius 2 is 1.59 bits per heavy atom. The van der Waals surface area contributed by atoms with Gasteiger partial charge in [-0.2, -0.15) is 5.10 Å². The SMILES string of the molecule is Cc1ccccc1CN1CCCN(CC(=O)NCc2c(C)nn(Cc3ccccc3)c2C)CC1. The summed E-state index contributed by atoms with van der Waals surface area (Å²) in [4.78, 5) is 17.5. The van der Waals surface area contributed by atoms with Gasteiger partial charge in [0.05, 0.1) is 18.8 Å². The first-order valence-corrected chi connectivity index (χ1v) is 12.3. The highest BCUT2D eigenvalue weighted by molar-refractivity contribution is 5.78. The highest BCUT2D eigenvalue weighted by atomic mass is 16.2. The summed E-state index contributed by atoms with van der Waals surface area (Å²) in [5.74, 6) is 0.0852. The standard InChI is InChI=1S/C28H37N5O/c1-22-10-7-8-13-26(22)20-31-14-9-15-32(17-16-31)21-28(34)29-18-27-23(2)30-33(24(27)3)19-25-11-5-4-6-12-25/h4-8,10-13H,9,14-21H2,1-3H3,(H,29,34). The summed E-state index contributed by atoms with van der Waals surface area (Å²) in [6.07, 6.45) is 1.09. The van der Waals surface area contributed by atoms with E-state index in [1.54, 1.807) is 0 Å². The van der Waals surface area contributed by atoms with Crippen molar-refractivity contribution in [2.45, 2.75) is 46.8 Å². The molecule has 1 aromatic heterocycles. The second-order valence-corrected chi connectivity index (χ2v) is 9.40. The average molecular weight is 460 g/mol. The topological polar surface area (TPSA) is 53.4 Å². The zero-order valence-electron chi connectivity index (χ0n) is 20.8. The molecule has 2 heterocycles. The second-order valence-electron chi connectivity index (χ2n) is 9.40. The van der Waals surface area contributed by atoms with Gasteiger partial charge in [0, 0.05) is 37.4 Å². The van der Waals surface area contributed by atoms with Gasteiger partial charge in [-0.15, -0.1) is 0 Å². The Balaban J connectivity index is 1.26. The van der Waals surface area contributed by atoms with Gasteiger partial charge in [0.25, 0.3) is 0 Å². The molecule has 4 rings (SSSR count). The van der Waals surface area contributed by atoms with E-state index in [-0.39, 0.29) is 5.91 Å². The molecule has 0 spiro atoms. The van der Waals surface area contributed by atoms with Crippen LogP contribution in [0.2, 0.25) is 0 Å². The van der Waals surface area contributed by atoms with Crippen LogP contribution in [0.25, 0.3) is 0 Å². The largest absolute Gasteiger partial charge is 0.351 e. The van der Waals surface area contributed by atoms with Crippen molar-refractivity contribution in [2.75, 3.05) is 32.7 Å². The molecule has 0 bridgehead atoms. The highest BCUT2D eigenvalue weighted by Crippen LogP contribution is 2.15. The van der Waals surface area contributed by atoms with Crippen molar-refractivity contribution in [3.63, 3.8) is 0 Å². The normalized spacial score (nSPS) is 15.3. The maximum Gasteiger partial charge on any atom is 0.234 e. The molecule has 1 amide bonds. The van der Waals surface area contributed by atoms with E-state index in [1.807, 2.05) is 29.8 Å². The Morgan fingerprint density at radius 3 is 2.38 bits per heavy atom. The van der Waals surface area contributed by atoms with Gasteiger partial charge in [0.1, 0.15) is 0 Å². The van der Waals surface area contributed by atoms with Crippen LogP contribution < -0.4 is 5.32 Å². The molecule has 0 atom stereocenters. The van der Waals surface area contributed by atoms with Gasteiger partial charge in [-0.05, 0) is 57.0 Å². The minimum absolute atomic E-state index is 0.0852. The molecule has 6 nitrogen and oxygen atoms in total. The zero-order chi connectivity index (χ0) is 23.9. The molecule has 0 radical (unpaired) electrons. The number of aryl methyl sites for hydroxylation is 2. The Bertz CT molecular complexity index is 1090. The summed E-state index contributed by atoms with van der Waals surface area (Å²) in [6, 6.07) is 19.0. The summed E-state index contributed by atoms with van der Waals surface area (Å²) in [5.41, 5.74) is 7.18. The lowest BCUT2D eigenvalue weighted by Crippen LogP contribution is -2.39. The molecule has 1 aliphatic heterocycles. The average Bonchev–Trinajstić information content (AvgIpc) is 2.97. The van der Waals surface area contributed by atoms with Crippen molar-refractivity contribution < 1.29 is 4.79 Å². The van der Waals surface area contributed by atoms with Gasteiger partial charge in [0.2, 0.25) is 5.91 Å². The smallest absolute Gasteiger partial charge is 0.234 e. The van der Waals surface area contributed by atoms with Crippen LogP contribution in [0.3, 0.4) is 0 Å². The van der Waals surface area contributed by atoms with E-state index in [9.17, 15) is 4.79 Å². The molecule has 180 valence electrons. The number of aromatic nitrogens is 2. The van der Waals surface area contributed by atoms with Crippen LogP contribution in [0.5, 0.6) is 0 Å². The van der Waals surface area contributed by atoms with Crippen LogP contribution in [-0.4, -0.2) is 58.2 Å². The number of hydrogen-bond donors (Lipinski definition) is 1. The van der Waals surface area contributed by atoms with Crippen molar-refractivity contribution in [1.29, 1.82) is 0 Å². The number of rotatable bonds is 8. The number of amides is 1. The van der Waals surface area contributed by atoms with E-state index in [0.717, 1.165) is 62.6 Å². The zero-order valence-corrected chi connectivity index (χ0v) is 20.8. The van der Waals surface area contributed by atoms with Crippen LogP contribution in [-0.2, 0) is 24.4 Å². The van der Waals surface area contributed by atoms with Gasteiger partial charge in [-0.25, -0.2) is 0 Å². The first kappa shape index (κ1) is 24.2. The number of carbonyl (C=O) groups excluding carboxylic acids is 1. The van der Waals surface area contributed by atoms with E-state index in [4.69, 9.17) is 5.10 Å². The van der Waals surface area contributed by atoms with Crippen molar-refractivity contribution in [3.8, 4) is 0 Å². The van der Waals surface area contributed by atoms with Crippen LogP contribution in [0, 0.1) is 20.8 Å². The first-order chi connectivity index (χ1) is 16.5. The minimum Gasteiger partial charge on any atom is -0.351 e. The second kappa shape index (κ2) is 11.4. The summed E-state index contributed by atoms with van der Waals surface area (Å²) >= 11 is 0. The molecule has 1 saturated heterocycles. The van der Waals surface area contributed by atoms with Crippen LogP contribution >= 0.6 is 0 Å². The Morgan fingerprint density at radius 1 is 0.882 bits per heavy atom. The maximum atomic E-state index is 12.7. The highest BCUT2D eigenvalue weighted by Gasteiger charge is 2.18. The first-order valence-electron chi connectivity index (χ1n) is 12.3. The number of hydrogen-bond acceptors (Lipinski definition) is 4. The van der Waals surface area contributed by atoms with Crippen LogP contribution in [0.4, 0.5) is 0 Å². The predicted molar refractivity (Wildman–Crippen MR) is 137 cm³/mol. The summed E-state index contributed by atoms with van der Waals surface area (Å²) in [5, 5.41) is 7.85. The molecule has 0 aliphatic carbocycles. The Kier molecular flexibility index (Phi) is 8.14. The summed E-state index contributed by atoms with van der Waals surface area (Å²) < 4.78 is 2.03. The molecule has 6 heteroatoms. The van der Waals surface area contributed by atoms with Crippen molar-refractivity contribution >= 4 is 5.91 Å². The molecule has 2 aromatic carbocycles. The van der Waals surface area contributed by atoms with Gasteiger partial charge in [-0.1, -0.05) is 54.6 Å². The fourth-order valence-electron chi connectivity index (χ4n) is 4.72. The number of nitrogens with one attached hydrogen (secondary N) is 1. The van der Waals surface area contributed by atoms with Crippen molar-refractivity contribution in [1.82, 2.24) is 24.9 Å². The lowest BCUT2D eigenvalue weighted by molar-refractivity contribution is -0.122. The van der Waals surface area contributed by atoms with Crippen molar-refractivity contribution in [3.05, 3.63) is 88.2 Å². The van der Waals surface area contributed by atoms with Gasteiger partial charge >= 0.3 is 0 Å². The van der Waals surface area contributed by atoms with E-state index in [2.05, 4.69) is 65.4 Å². The summed E-state index contributed by atoms with van der Waals surface area (Å²) in [7, 11) is 0. The lowest BCUT2D eigenvalue weighted by atomic mass is 10.1. The van der Waals surface area contributed by atoms with Gasteiger partial charge < -0.3 is 5.32 Å². The molecular formula is C28H37N5O. The third-order valence-corrected chi connectivity index (χ3v) is 6.87. The maximum absolute atomic E-state index is 12.7. The van der Waals surface area contributed by atoms with E-state index in [1.165, 1.54) is 16.7 Å². The molecular weight excluding hydrogens is 422 g/mol. The van der Waals surface area contributed by atoms with Crippen molar-refractivity contribution in [2.24, 2.45) is 0 Å². The lowest BCUT2D eigenvalue weighted by Gasteiger charge is -2.22. The fraction of sp³-hybridized carbons (Fsp3) is 0.429.